The Labute approximate surface area is 109 Å². The first-order chi connectivity index (χ1) is 8.83. The molecule has 0 aromatic rings. The summed E-state index contributed by atoms with van der Waals surface area (Å²) in [6, 6.07) is 0. The summed E-state index contributed by atoms with van der Waals surface area (Å²) in [5.74, 6) is 0. The van der Waals surface area contributed by atoms with Gasteiger partial charge >= 0.3 is 6.09 Å². The van der Waals surface area contributed by atoms with E-state index in [4.69, 9.17) is 15.2 Å². The van der Waals surface area contributed by atoms with Crippen LogP contribution in [0.3, 0.4) is 0 Å². The third-order valence-electron chi connectivity index (χ3n) is 2.77. The second-order valence-corrected chi connectivity index (χ2v) is 4.33. The number of allylic oxidation sites excluding steroid dienone is 2. The fourth-order valence-electron chi connectivity index (χ4n) is 1.85. The summed E-state index contributed by atoms with van der Waals surface area (Å²) in [5.41, 5.74) is 5.28. The Kier molecular flexibility index (Phi) is 8.25. The summed E-state index contributed by atoms with van der Waals surface area (Å²) < 4.78 is 10.5. The number of carbonyl (C=O) groups is 1. The molecule has 0 spiro atoms. The summed E-state index contributed by atoms with van der Waals surface area (Å²) >= 11 is 0. The molecule has 1 amide bonds. The van der Waals surface area contributed by atoms with Gasteiger partial charge < -0.3 is 20.5 Å². The molecule has 104 valence electrons. The van der Waals surface area contributed by atoms with Crippen LogP contribution in [0.1, 0.15) is 32.1 Å². The standard InChI is InChI=1S/C13H24N2O3/c14-8-10-17-11-9-15-13(16)18-12-6-4-2-1-3-5-7-12/h1-2,12H,3-11,14H2,(H,15,16)/b2-1-. The van der Waals surface area contributed by atoms with Crippen molar-refractivity contribution in [3.8, 4) is 0 Å². The molecule has 0 aliphatic heterocycles. The fourth-order valence-corrected chi connectivity index (χ4v) is 1.85. The minimum Gasteiger partial charge on any atom is -0.446 e. The van der Waals surface area contributed by atoms with Gasteiger partial charge in [-0.1, -0.05) is 12.2 Å². The van der Waals surface area contributed by atoms with E-state index in [1.54, 1.807) is 0 Å². The largest absolute Gasteiger partial charge is 0.446 e. The lowest BCUT2D eigenvalue weighted by Gasteiger charge is -2.18. The van der Waals surface area contributed by atoms with Crippen molar-refractivity contribution in [2.45, 2.75) is 38.2 Å². The number of nitrogens with two attached hydrogens (primary N) is 1. The molecule has 1 rings (SSSR count). The molecule has 1 aliphatic carbocycles. The van der Waals surface area contributed by atoms with Gasteiger partial charge in [-0.25, -0.2) is 4.79 Å². The number of amides is 1. The molecule has 0 bridgehead atoms. The molecule has 0 saturated carbocycles. The first kappa shape index (κ1) is 15.0. The zero-order chi connectivity index (χ0) is 13.1. The van der Waals surface area contributed by atoms with Gasteiger partial charge in [-0.2, -0.15) is 0 Å². The van der Waals surface area contributed by atoms with Crippen LogP contribution in [0, 0.1) is 0 Å². The molecule has 5 heteroatoms. The normalized spacial score (nSPS) is 21.7. The maximum atomic E-state index is 11.5. The van der Waals surface area contributed by atoms with Crippen molar-refractivity contribution in [2.75, 3.05) is 26.3 Å². The fraction of sp³-hybridized carbons (Fsp3) is 0.769. The Hall–Kier alpha value is -1.07. The first-order valence-corrected chi connectivity index (χ1v) is 6.70. The van der Waals surface area contributed by atoms with Crippen LogP contribution in [0.2, 0.25) is 0 Å². The second kappa shape index (κ2) is 9.91. The van der Waals surface area contributed by atoms with Gasteiger partial charge in [0, 0.05) is 13.1 Å². The molecule has 0 radical (unpaired) electrons. The van der Waals surface area contributed by atoms with E-state index in [2.05, 4.69) is 17.5 Å². The molecule has 0 aromatic heterocycles. The van der Waals surface area contributed by atoms with Gasteiger partial charge in [-0.3, -0.25) is 0 Å². The van der Waals surface area contributed by atoms with E-state index >= 15 is 0 Å². The van der Waals surface area contributed by atoms with Gasteiger partial charge in [-0.05, 0) is 32.1 Å². The molecular weight excluding hydrogens is 232 g/mol. The molecule has 0 aromatic carbocycles. The third kappa shape index (κ3) is 7.29. The van der Waals surface area contributed by atoms with E-state index in [1.807, 2.05) is 0 Å². The molecule has 1 aliphatic rings. The van der Waals surface area contributed by atoms with Gasteiger partial charge in [0.1, 0.15) is 6.10 Å². The Morgan fingerprint density at radius 3 is 2.94 bits per heavy atom. The molecule has 1 atom stereocenters. The highest BCUT2D eigenvalue weighted by molar-refractivity contribution is 5.67. The summed E-state index contributed by atoms with van der Waals surface area (Å²) in [5, 5.41) is 2.68. The smallest absolute Gasteiger partial charge is 0.407 e. The molecule has 0 saturated heterocycles. The van der Waals surface area contributed by atoms with Crippen LogP contribution in [0.25, 0.3) is 0 Å². The SMILES string of the molecule is NCCOCCNC(=O)OC1CC/C=C\CCC1. The minimum absolute atomic E-state index is 0.0416. The zero-order valence-electron chi connectivity index (χ0n) is 10.9. The molecule has 18 heavy (non-hydrogen) atoms. The highest BCUT2D eigenvalue weighted by atomic mass is 16.6. The predicted octanol–water partition coefficient (Wildman–Crippen LogP) is 1.58. The maximum absolute atomic E-state index is 11.5. The van der Waals surface area contributed by atoms with Gasteiger partial charge in [0.15, 0.2) is 0 Å². The van der Waals surface area contributed by atoms with Crippen LogP contribution < -0.4 is 11.1 Å². The number of nitrogens with one attached hydrogen (secondary N) is 1. The first-order valence-electron chi connectivity index (χ1n) is 6.70. The average molecular weight is 256 g/mol. The second-order valence-electron chi connectivity index (χ2n) is 4.33. The Morgan fingerprint density at radius 2 is 2.11 bits per heavy atom. The Morgan fingerprint density at radius 1 is 1.28 bits per heavy atom. The van der Waals surface area contributed by atoms with Crippen molar-refractivity contribution in [1.29, 1.82) is 0 Å². The maximum Gasteiger partial charge on any atom is 0.407 e. The van der Waals surface area contributed by atoms with Crippen molar-refractivity contribution in [3.63, 3.8) is 0 Å². The average Bonchev–Trinajstić information content (AvgIpc) is 2.32. The van der Waals surface area contributed by atoms with Gasteiger partial charge in [0.25, 0.3) is 0 Å². The predicted molar refractivity (Wildman–Crippen MR) is 70.4 cm³/mol. The van der Waals surface area contributed by atoms with Crippen LogP contribution in [-0.2, 0) is 9.47 Å². The van der Waals surface area contributed by atoms with Crippen molar-refractivity contribution < 1.29 is 14.3 Å². The van der Waals surface area contributed by atoms with E-state index in [1.165, 1.54) is 0 Å². The number of alkyl carbamates (subject to hydrolysis) is 1. The molecule has 5 nitrogen and oxygen atoms in total. The van der Waals surface area contributed by atoms with E-state index in [9.17, 15) is 4.79 Å². The molecule has 0 fully saturated rings. The molecule has 3 N–H and O–H groups in total. The summed E-state index contributed by atoms with van der Waals surface area (Å²) in [4.78, 5) is 11.5. The third-order valence-corrected chi connectivity index (χ3v) is 2.77. The summed E-state index contributed by atoms with van der Waals surface area (Å²) in [7, 11) is 0. The van der Waals surface area contributed by atoms with E-state index in [0.717, 1.165) is 32.1 Å². The van der Waals surface area contributed by atoms with Crippen molar-refractivity contribution in [3.05, 3.63) is 12.2 Å². The number of hydrogen-bond donors (Lipinski definition) is 2. The Balaban J connectivity index is 2.08. The van der Waals surface area contributed by atoms with Gasteiger partial charge in [0.05, 0.1) is 13.2 Å². The zero-order valence-corrected chi connectivity index (χ0v) is 10.9. The van der Waals surface area contributed by atoms with Gasteiger partial charge in [0.2, 0.25) is 0 Å². The van der Waals surface area contributed by atoms with Crippen LogP contribution in [0.5, 0.6) is 0 Å². The van der Waals surface area contributed by atoms with E-state index < -0.39 is 0 Å². The van der Waals surface area contributed by atoms with Crippen LogP contribution >= 0.6 is 0 Å². The summed E-state index contributed by atoms with van der Waals surface area (Å²) in [6.07, 6.45) is 9.05. The number of rotatable bonds is 6. The van der Waals surface area contributed by atoms with E-state index in [-0.39, 0.29) is 12.2 Å². The monoisotopic (exact) mass is 256 g/mol. The Bertz CT molecular complexity index is 257. The lowest BCUT2D eigenvalue weighted by Crippen LogP contribution is -2.32. The highest BCUT2D eigenvalue weighted by Gasteiger charge is 2.13. The van der Waals surface area contributed by atoms with Crippen LogP contribution in [0.4, 0.5) is 4.79 Å². The number of hydrogen-bond acceptors (Lipinski definition) is 4. The quantitative estimate of drug-likeness (QED) is 0.559. The van der Waals surface area contributed by atoms with E-state index in [0.29, 0.717) is 26.3 Å². The number of ether oxygens (including phenoxy) is 2. The number of carbonyl (C=O) groups excluding carboxylic acids is 1. The highest BCUT2D eigenvalue weighted by Crippen LogP contribution is 2.15. The lowest BCUT2D eigenvalue weighted by atomic mass is 10.0. The van der Waals surface area contributed by atoms with Crippen LogP contribution in [-0.4, -0.2) is 38.5 Å². The summed E-state index contributed by atoms with van der Waals surface area (Å²) in [6.45, 7) is 1.96. The van der Waals surface area contributed by atoms with Crippen molar-refractivity contribution in [1.82, 2.24) is 5.32 Å². The topological polar surface area (TPSA) is 73.6 Å². The minimum atomic E-state index is -0.346. The van der Waals surface area contributed by atoms with Crippen LogP contribution in [0.15, 0.2) is 12.2 Å². The van der Waals surface area contributed by atoms with Crippen molar-refractivity contribution in [2.24, 2.45) is 5.73 Å². The molecule has 1 unspecified atom stereocenters. The molecule has 0 heterocycles. The van der Waals surface area contributed by atoms with Gasteiger partial charge in [-0.15, -0.1) is 0 Å². The lowest BCUT2D eigenvalue weighted by molar-refractivity contribution is 0.0817. The molecular formula is C13H24N2O3. The van der Waals surface area contributed by atoms with Crippen molar-refractivity contribution >= 4 is 6.09 Å².